The van der Waals surface area contributed by atoms with Gasteiger partial charge in [0.25, 0.3) is 0 Å². The Labute approximate surface area is 163 Å². The molecule has 3 rings (SSSR count). The Bertz CT molecular complexity index is 760. The van der Waals surface area contributed by atoms with Crippen molar-refractivity contribution >= 4 is 34.8 Å². The summed E-state index contributed by atoms with van der Waals surface area (Å²) in [5.41, 5.74) is 6.81. The summed E-state index contributed by atoms with van der Waals surface area (Å²) < 4.78 is 5.74. The van der Waals surface area contributed by atoms with Gasteiger partial charge in [-0.3, -0.25) is 9.69 Å². The molecule has 1 aliphatic heterocycles. The first-order chi connectivity index (χ1) is 12.5. The van der Waals surface area contributed by atoms with E-state index in [1.54, 1.807) is 24.3 Å². The first kappa shape index (κ1) is 18.8. The number of benzene rings is 2. The van der Waals surface area contributed by atoms with E-state index in [9.17, 15) is 4.79 Å². The highest BCUT2D eigenvalue weighted by Crippen LogP contribution is 2.27. The maximum atomic E-state index is 11.1. The number of primary amides is 1. The van der Waals surface area contributed by atoms with E-state index in [0.717, 1.165) is 44.2 Å². The lowest BCUT2D eigenvalue weighted by Gasteiger charge is -2.36. The summed E-state index contributed by atoms with van der Waals surface area (Å²) >= 11 is 12.1. The molecule has 2 aromatic carbocycles. The van der Waals surface area contributed by atoms with E-state index in [4.69, 9.17) is 33.7 Å². The lowest BCUT2D eigenvalue weighted by molar-refractivity contribution is 0.1000. The third-order valence-electron chi connectivity index (χ3n) is 4.46. The van der Waals surface area contributed by atoms with Crippen LogP contribution in [0.25, 0.3) is 0 Å². The van der Waals surface area contributed by atoms with E-state index in [1.165, 1.54) is 0 Å². The Morgan fingerprint density at radius 1 is 1.00 bits per heavy atom. The number of nitrogens with zero attached hydrogens (tertiary/aromatic N) is 2. The van der Waals surface area contributed by atoms with Gasteiger partial charge in [0, 0.05) is 44.0 Å². The predicted octanol–water partition coefficient (Wildman–Crippen LogP) is 3.29. The van der Waals surface area contributed by atoms with E-state index in [-0.39, 0.29) is 0 Å². The Balaban J connectivity index is 1.42. The Morgan fingerprint density at radius 3 is 2.31 bits per heavy atom. The summed E-state index contributed by atoms with van der Waals surface area (Å²) in [4.78, 5) is 15.7. The molecular weight excluding hydrogens is 373 g/mol. The van der Waals surface area contributed by atoms with Gasteiger partial charge in [-0.1, -0.05) is 23.2 Å². The van der Waals surface area contributed by atoms with Crippen molar-refractivity contribution < 1.29 is 9.53 Å². The van der Waals surface area contributed by atoms with Crippen LogP contribution < -0.4 is 15.4 Å². The number of amides is 1. The maximum Gasteiger partial charge on any atom is 0.248 e. The number of nitrogens with two attached hydrogens (primary N) is 1. The Morgan fingerprint density at radius 2 is 1.69 bits per heavy atom. The van der Waals surface area contributed by atoms with Crippen molar-refractivity contribution in [3.05, 3.63) is 58.1 Å². The van der Waals surface area contributed by atoms with Gasteiger partial charge in [0.15, 0.2) is 0 Å². The van der Waals surface area contributed by atoms with Gasteiger partial charge in [0.2, 0.25) is 5.91 Å². The zero-order chi connectivity index (χ0) is 18.5. The number of anilines is 1. The minimum atomic E-state index is -0.434. The summed E-state index contributed by atoms with van der Waals surface area (Å²) in [7, 11) is 0. The molecule has 0 radical (unpaired) electrons. The molecule has 2 N–H and O–H groups in total. The SMILES string of the molecule is NC(=O)c1ccc(OCCN2CCN(c3ccc(Cl)c(Cl)c3)CC2)cc1. The third kappa shape index (κ3) is 4.81. The van der Waals surface area contributed by atoms with Crippen LogP contribution in [0.15, 0.2) is 42.5 Å². The highest BCUT2D eigenvalue weighted by atomic mass is 35.5. The maximum absolute atomic E-state index is 11.1. The fraction of sp³-hybridized carbons (Fsp3) is 0.316. The lowest BCUT2D eigenvalue weighted by atomic mass is 10.2. The number of hydrogen-bond acceptors (Lipinski definition) is 4. The average molecular weight is 394 g/mol. The number of halogens is 2. The second-order valence-corrected chi connectivity index (χ2v) is 6.98. The molecule has 5 nitrogen and oxygen atoms in total. The number of carbonyl (C=O) groups is 1. The van der Waals surface area contributed by atoms with E-state index in [1.807, 2.05) is 18.2 Å². The predicted molar refractivity (Wildman–Crippen MR) is 106 cm³/mol. The van der Waals surface area contributed by atoms with Crippen LogP contribution in [0.1, 0.15) is 10.4 Å². The molecule has 7 heteroatoms. The molecule has 0 saturated carbocycles. The first-order valence-electron chi connectivity index (χ1n) is 8.48. The Hall–Kier alpha value is -1.95. The fourth-order valence-electron chi connectivity index (χ4n) is 2.92. The van der Waals surface area contributed by atoms with Crippen LogP contribution >= 0.6 is 23.2 Å². The van der Waals surface area contributed by atoms with Gasteiger partial charge in [-0.05, 0) is 42.5 Å². The van der Waals surface area contributed by atoms with Gasteiger partial charge in [0.1, 0.15) is 12.4 Å². The lowest BCUT2D eigenvalue weighted by Crippen LogP contribution is -2.47. The van der Waals surface area contributed by atoms with E-state index < -0.39 is 5.91 Å². The van der Waals surface area contributed by atoms with Crippen LogP contribution in [0.2, 0.25) is 10.0 Å². The first-order valence-corrected chi connectivity index (χ1v) is 9.23. The second-order valence-electron chi connectivity index (χ2n) is 6.16. The minimum Gasteiger partial charge on any atom is -0.492 e. The quantitative estimate of drug-likeness (QED) is 0.817. The number of ether oxygens (including phenoxy) is 1. The Kier molecular flexibility index (Phi) is 6.25. The number of piperazine rings is 1. The molecular formula is C19H21Cl2N3O2. The van der Waals surface area contributed by atoms with Crippen LogP contribution in [-0.2, 0) is 0 Å². The summed E-state index contributed by atoms with van der Waals surface area (Å²) in [6.45, 7) is 5.25. The van der Waals surface area contributed by atoms with Crippen molar-refractivity contribution in [1.29, 1.82) is 0 Å². The van der Waals surface area contributed by atoms with Crippen molar-refractivity contribution in [3.63, 3.8) is 0 Å². The van der Waals surface area contributed by atoms with E-state index in [2.05, 4.69) is 9.80 Å². The third-order valence-corrected chi connectivity index (χ3v) is 5.19. The fourth-order valence-corrected chi connectivity index (χ4v) is 3.21. The zero-order valence-corrected chi connectivity index (χ0v) is 15.8. The molecule has 0 unspecified atom stereocenters. The highest BCUT2D eigenvalue weighted by molar-refractivity contribution is 6.42. The van der Waals surface area contributed by atoms with Gasteiger partial charge in [-0.2, -0.15) is 0 Å². The van der Waals surface area contributed by atoms with Crippen molar-refractivity contribution in [2.45, 2.75) is 0 Å². The molecule has 2 aromatic rings. The molecule has 1 heterocycles. The number of rotatable bonds is 6. The van der Waals surface area contributed by atoms with Crippen molar-refractivity contribution in [2.75, 3.05) is 44.2 Å². The monoisotopic (exact) mass is 393 g/mol. The van der Waals surface area contributed by atoms with Crippen LogP contribution in [0.5, 0.6) is 5.75 Å². The standard InChI is InChI=1S/C19H21Cl2N3O2/c20-17-6-3-15(13-18(17)21)24-9-7-23(8-10-24)11-12-26-16-4-1-14(2-5-16)19(22)25/h1-6,13H,7-12H2,(H2,22,25). The van der Waals surface area contributed by atoms with Gasteiger partial charge in [-0.15, -0.1) is 0 Å². The average Bonchev–Trinajstić information content (AvgIpc) is 2.65. The van der Waals surface area contributed by atoms with Gasteiger partial charge in [-0.25, -0.2) is 0 Å². The van der Waals surface area contributed by atoms with E-state index >= 15 is 0 Å². The largest absolute Gasteiger partial charge is 0.492 e. The molecule has 138 valence electrons. The number of carbonyl (C=O) groups excluding carboxylic acids is 1. The van der Waals surface area contributed by atoms with Gasteiger partial charge >= 0.3 is 0 Å². The molecule has 0 spiro atoms. The summed E-state index contributed by atoms with van der Waals surface area (Å²) in [6, 6.07) is 12.6. The smallest absolute Gasteiger partial charge is 0.248 e. The van der Waals surface area contributed by atoms with Crippen LogP contribution in [0.4, 0.5) is 5.69 Å². The normalized spacial score (nSPS) is 15.1. The molecule has 26 heavy (non-hydrogen) atoms. The van der Waals surface area contributed by atoms with Crippen molar-refractivity contribution in [3.8, 4) is 5.75 Å². The highest BCUT2D eigenvalue weighted by Gasteiger charge is 2.17. The molecule has 0 bridgehead atoms. The zero-order valence-electron chi connectivity index (χ0n) is 14.3. The molecule has 1 fully saturated rings. The van der Waals surface area contributed by atoms with Gasteiger partial charge in [0.05, 0.1) is 10.0 Å². The topological polar surface area (TPSA) is 58.8 Å². The van der Waals surface area contributed by atoms with Crippen LogP contribution in [-0.4, -0.2) is 50.1 Å². The molecule has 1 saturated heterocycles. The molecule has 0 atom stereocenters. The molecule has 1 amide bonds. The number of hydrogen-bond donors (Lipinski definition) is 1. The molecule has 0 aromatic heterocycles. The summed E-state index contributed by atoms with van der Waals surface area (Å²) in [5, 5.41) is 1.16. The van der Waals surface area contributed by atoms with Crippen molar-refractivity contribution in [2.24, 2.45) is 5.73 Å². The van der Waals surface area contributed by atoms with Crippen molar-refractivity contribution in [1.82, 2.24) is 4.90 Å². The van der Waals surface area contributed by atoms with Gasteiger partial charge < -0.3 is 15.4 Å². The van der Waals surface area contributed by atoms with Crippen LogP contribution in [0, 0.1) is 0 Å². The van der Waals surface area contributed by atoms with E-state index in [0.29, 0.717) is 22.2 Å². The molecule has 0 aliphatic carbocycles. The summed E-state index contributed by atoms with van der Waals surface area (Å²) in [6.07, 6.45) is 0. The van der Waals surface area contributed by atoms with Crippen LogP contribution in [0.3, 0.4) is 0 Å². The molecule has 1 aliphatic rings. The minimum absolute atomic E-state index is 0.434. The summed E-state index contributed by atoms with van der Waals surface area (Å²) in [5.74, 6) is 0.306. The second kappa shape index (κ2) is 8.62.